The van der Waals surface area contributed by atoms with Gasteiger partial charge in [0, 0.05) is 19.5 Å². The third-order valence-electron chi connectivity index (χ3n) is 3.56. The fourth-order valence-electron chi connectivity index (χ4n) is 2.41. The highest BCUT2D eigenvalue weighted by Gasteiger charge is 2.23. The normalized spacial score (nSPS) is 19.8. The topological polar surface area (TPSA) is 51.4 Å². The summed E-state index contributed by atoms with van der Waals surface area (Å²) < 4.78 is 24.3. The van der Waals surface area contributed by atoms with E-state index in [0.29, 0.717) is 24.9 Å². The molecular weight excluding hydrogens is 273 g/mol. The highest BCUT2D eigenvalue weighted by atomic mass is 19.1. The summed E-state index contributed by atoms with van der Waals surface area (Å²) in [6, 6.07) is 6.46. The van der Waals surface area contributed by atoms with Crippen molar-refractivity contribution in [3.05, 3.63) is 47.4 Å². The summed E-state index contributed by atoms with van der Waals surface area (Å²) in [5.41, 5.74) is 0.987. The highest BCUT2D eigenvalue weighted by Crippen LogP contribution is 2.23. The monoisotopic (exact) mass is 291 g/mol. The number of nitrogens with zero attached hydrogens (tertiary/aromatic N) is 3. The van der Waals surface area contributed by atoms with Gasteiger partial charge in [-0.05, 0) is 17.7 Å². The third-order valence-corrected chi connectivity index (χ3v) is 3.56. The second-order valence-electron chi connectivity index (χ2n) is 5.09. The molecule has 1 aliphatic rings. The van der Waals surface area contributed by atoms with E-state index in [-0.39, 0.29) is 11.9 Å². The molecule has 1 unspecified atom stereocenters. The molecule has 0 N–H and O–H groups in total. The van der Waals surface area contributed by atoms with Crippen molar-refractivity contribution in [1.82, 2.24) is 15.1 Å². The number of aromatic nitrogens is 2. The molecule has 1 aliphatic heterocycles. The zero-order chi connectivity index (χ0) is 14.7. The Balaban J connectivity index is 1.63. The summed E-state index contributed by atoms with van der Waals surface area (Å²) >= 11 is 0. The minimum absolute atomic E-state index is 0.0482. The smallest absolute Gasteiger partial charge is 0.230 e. The number of rotatable bonds is 4. The maximum Gasteiger partial charge on any atom is 0.230 e. The third kappa shape index (κ3) is 3.46. The largest absolute Gasteiger partial charge is 0.424 e. The molecule has 1 saturated heterocycles. The van der Waals surface area contributed by atoms with Crippen LogP contribution in [0.5, 0.6) is 0 Å². The molecule has 0 spiro atoms. The van der Waals surface area contributed by atoms with Crippen LogP contribution in [0.4, 0.5) is 4.39 Å². The predicted octanol–water partition coefficient (Wildman–Crippen LogP) is 2.34. The molecule has 21 heavy (non-hydrogen) atoms. The van der Waals surface area contributed by atoms with Gasteiger partial charge in [-0.3, -0.25) is 4.90 Å². The molecule has 3 rings (SSSR count). The van der Waals surface area contributed by atoms with Gasteiger partial charge in [0.25, 0.3) is 0 Å². The van der Waals surface area contributed by atoms with E-state index in [1.807, 2.05) is 6.92 Å². The highest BCUT2D eigenvalue weighted by molar-refractivity contribution is 5.19. The van der Waals surface area contributed by atoms with Crippen molar-refractivity contribution in [3.63, 3.8) is 0 Å². The van der Waals surface area contributed by atoms with Gasteiger partial charge < -0.3 is 9.15 Å². The zero-order valence-electron chi connectivity index (χ0n) is 12.0. The number of hydrogen-bond donors (Lipinski definition) is 0. The van der Waals surface area contributed by atoms with Crippen molar-refractivity contribution in [2.75, 3.05) is 19.7 Å². The van der Waals surface area contributed by atoms with Gasteiger partial charge in [0.1, 0.15) is 5.82 Å². The lowest BCUT2D eigenvalue weighted by atomic mass is 10.1. The number of benzene rings is 1. The Kier molecular flexibility index (Phi) is 4.26. The summed E-state index contributed by atoms with van der Waals surface area (Å²) in [4.78, 5) is 2.21. The standard InChI is InChI=1S/C15H18FN3O2/c1-2-14-17-18-15(21-14)10-19-7-8-20-13(9-19)11-3-5-12(16)6-4-11/h3-6,13H,2,7-10H2,1H3. The molecule has 0 bridgehead atoms. The van der Waals surface area contributed by atoms with Crippen LogP contribution in [-0.4, -0.2) is 34.8 Å². The average molecular weight is 291 g/mol. The van der Waals surface area contributed by atoms with Crippen LogP contribution in [-0.2, 0) is 17.7 Å². The summed E-state index contributed by atoms with van der Waals surface area (Å²) in [5, 5.41) is 8.01. The first kappa shape index (κ1) is 14.2. The number of ether oxygens (including phenoxy) is 1. The van der Waals surface area contributed by atoms with Crippen molar-refractivity contribution >= 4 is 0 Å². The van der Waals surface area contributed by atoms with E-state index in [4.69, 9.17) is 9.15 Å². The molecule has 1 atom stereocenters. The maximum atomic E-state index is 13.0. The van der Waals surface area contributed by atoms with Crippen LogP contribution in [0.3, 0.4) is 0 Å². The van der Waals surface area contributed by atoms with E-state index in [0.717, 1.165) is 25.1 Å². The molecule has 2 aromatic rings. The van der Waals surface area contributed by atoms with Gasteiger partial charge in [-0.25, -0.2) is 4.39 Å². The quantitative estimate of drug-likeness (QED) is 0.865. The Morgan fingerprint density at radius 1 is 1.24 bits per heavy atom. The number of aryl methyl sites for hydroxylation is 1. The first-order valence-electron chi connectivity index (χ1n) is 7.15. The second kappa shape index (κ2) is 6.32. The van der Waals surface area contributed by atoms with Gasteiger partial charge in [-0.1, -0.05) is 19.1 Å². The summed E-state index contributed by atoms with van der Waals surface area (Å²) in [7, 11) is 0. The fraction of sp³-hybridized carbons (Fsp3) is 0.467. The van der Waals surface area contributed by atoms with Crippen LogP contribution < -0.4 is 0 Å². The van der Waals surface area contributed by atoms with Gasteiger partial charge in [0.15, 0.2) is 0 Å². The van der Waals surface area contributed by atoms with Crippen molar-refractivity contribution in [2.45, 2.75) is 26.0 Å². The predicted molar refractivity (Wildman–Crippen MR) is 74.0 cm³/mol. The van der Waals surface area contributed by atoms with Crippen LogP contribution >= 0.6 is 0 Å². The maximum absolute atomic E-state index is 13.0. The number of halogens is 1. The lowest BCUT2D eigenvalue weighted by molar-refractivity contribution is -0.0352. The first-order valence-corrected chi connectivity index (χ1v) is 7.15. The van der Waals surface area contributed by atoms with Crippen molar-refractivity contribution < 1.29 is 13.5 Å². The lowest BCUT2D eigenvalue weighted by Crippen LogP contribution is -2.37. The molecule has 112 valence electrons. The van der Waals surface area contributed by atoms with E-state index in [9.17, 15) is 4.39 Å². The number of hydrogen-bond acceptors (Lipinski definition) is 5. The Hall–Kier alpha value is -1.79. The van der Waals surface area contributed by atoms with Gasteiger partial charge in [-0.2, -0.15) is 0 Å². The number of morpholine rings is 1. The Morgan fingerprint density at radius 3 is 2.71 bits per heavy atom. The van der Waals surface area contributed by atoms with Gasteiger partial charge in [0.2, 0.25) is 11.8 Å². The summed E-state index contributed by atoms with van der Waals surface area (Å²) in [5.74, 6) is 1.06. The minimum atomic E-state index is -0.232. The molecule has 5 nitrogen and oxygen atoms in total. The van der Waals surface area contributed by atoms with Crippen LogP contribution in [0, 0.1) is 5.82 Å². The molecule has 0 saturated carbocycles. The van der Waals surface area contributed by atoms with Crippen LogP contribution in [0.1, 0.15) is 30.4 Å². The van der Waals surface area contributed by atoms with Crippen molar-refractivity contribution in [2.24, 2.45) is 0 Å². The Morgan fingerprint density at radius 2 is 2.00 bits per heavy atom. The molecule has 1 aromatic carbocycles. The van der Waals surface area contributed by atoms with Crippen molar-refractivity contribution in [1.29, 1.82) is 0 Å². The minimum Gasteiger partial charge on any atom is -0.424 e. The average Bonchev–Trinajstić information content (AvgIpc) is 2.96. The molecular formula is C15H18FN3O2. The zero-order valence-corrected chi connectivity index (χ0v) is 12.0. The van der Waals surface area contributed by atoms with Crippen LogP contribution in [0.15, 0.2) is 28.7 Å². The van der Waals surface area contributed by atoms with Gasteiger partial charge >= 0.3 is 0 Å². The molecule has 0 amide bonds. The molecule has 6 heteroatoms. The molecule has 1 fully saturated rings. The first-order chi connectivity index (χ1) is 10.2. The molecule has 0 aliphatic carbocycles. The lowest BCUT2D eigenvalue weighted by Gasteiger charge is -2.32. The van der Waals surface area contributed by atoms with E-state index >= 15 is 0 Å². The second-order valence-corrected chi connectivity index (χ2v) is 5.09. The van der Waals surface area contributed by atoms with Crippen LogP contribution in [0.2, 0.25) is 0 Å². The summed E-state index contributed by atoms with van der Waals surface area (Å²) in [6.45, 7) is 4.79. The van der Waals surface area contributed by atoms with E-state index in [2.05, 4.69) is 15.1 Å². The SMILES string of the molecule is CCc1nnc(CN2CCOC(c3ccc(F)cc3)C2)o1. The van der Waals surface area contributed by atoms with E-state index in [1.54, 1.807) is 12.1 Å². The summed E-state index contributed by atoms with van der Waals surface area (Å²) in [6.07, 6.45) is 0.696. The Bertz CT molecular complexity index is 585. The fourth-order valence-corrected chi connectivity index (χ4v) is 2.41. The van der Waals surface area contributed by atoms with E-state index in [1.165, 1.54) is 12.1 Å². The van der Waals surface area contributed by atoms with Crippen molar-refractivity contribution in [3.8, 4) is 0 Å². The Labute approximate surface area is 122 Å². The molecule has 2 heterocycles. The van der Waals surface area contributed by atoms with E-state index < -0.39 is 0 Å². The van der Waals surface area contributed by atoms with Crippen LogP contribution in [0.25, 0.3) is 0 Å². The van der Waals surface area contributed by atoms with Gasteiger partial charge in [-0.15, -0.1) is 10.2 Å². The molecule has 0 radical (unpaired) electrons. The molecule has 1 aromatic heterocycles. The van der Waals surface area contributed by atoms with Gasteiger partial charge in [0.05, 0.1) is 19.3 Å².